The number of rotatable bonds is 4. The summed E-state index contributed by atoms with van der Waals surface area (Å²) in [5, 5.41) is 1.24. The monoisotopic (exact) mass is 221 g/mol. The molecule has 15 heavy (non-hydrogen) atoms. The van der Waals surface area contributed by atoms with Gasteiger partial charge in [-0.2, -0.15) is 0 Å². The van der Waals surface area contributed by atoms with E-state index in [1.165, 1.54) is 15.6 Å². The number of nitrogens with one attached hydrogen (secondary N) is 1. The zero-order valence-electron chi connectivity index (χ0n) is 9.08. The van der Waals surface area contributed by atoms with Crippen molar-refractivity contribution in [3.05, 3.63) is 33.8 Å². The molecule has 0 aliphatic rings. The van der Waals surface area contributed by atoms with Crippen molar-refractivity contribution in [2.45, 2.75) is 33.1 Å². The average Bonchev–Trinajstić information content (AvgIpc) is 2.87. The summed E-state index contributed by atoms with van der Waals surface area (Å²) in [4.78, 5) is 13.2. The van der Waals surface area contributed by atoms with E-state index < -0.39 is 0 Å². The van der Waals surface area contributed by atoms with Gasteiger partial charge < -0.3 is 4.98 Å². The quantitative estimate of drug-likeness (QED) is 0.862. The van der Waals surface area contributed by atoms with Crippen molar-refractivity contribution in [2.75, 3.05) is 0 Å². The molecule has 2 aromatic heterocycles. The molecule has 2 aromatic rings. The molecule has 0 bridgehead atoms. The van der Waals surface area contributed by atoms with E-state index in [9.17, 15) is 0 Å². The largest absolute Gasteiger partial charge is 0.348 e. The zero-order chi connectivity index (χ0) is 10.7. The van der Waals surface area contributed by atoms with Crippen molar-refractivity contribution in [3.8, 4) is 0 Å². The molecule has 0 atom stereocenters. The second-order valence-corrected chi connectivity index (χ2v) is 4.61. The van der Waals surface area contributed by atoms with Crippen LogP contribution in [0.1, 0.15) is 35.1 Å². The van der Waals surface area contributed by atoms with Gasteiger partial charge >= 0.3 is 0 Å². The molecule has 0 amide bonds. The molecule has 0 aliphatic carbocycles. The SMILES string of the molecule is CCc1nc(Cc2cnc[nH]2)c(CC)s1. The van der Waals surface area contributed by atoms with E-state index in [4.69, 9.17) is 0 Å². The van der Waals surface area contributed by atoms with Crippen LogP contribution in [0.3, 0.4) is 0 Å². The number of aromatic amines is 1. The first-order chi connectivity index (χ1) is 7.33. The summed E-state index contributed by atoms with van der Waals surface area (Å²) >= 11 is 1.84. The second kappa shape index (κ2) is 4.57. The highest BCUT2D eigenvalue weighted by Crippen LogP contribution is 2.21. The maximum atomic E-state index is 4.65. The van der Waals surface area contributed by atoms with E-state index in [-0.39, 0.29) is 0 Å². The molecular weight excluding hydrogens is 206 g/mol. The van der Waals surface area contributed by atoms with Gasteiger partial charge in [0.05, 0.1) is 17.0 Å². The number of thiazole rings is 1. The van der Waals surface area contributed by atoms with Gasteiger partial charge in [0.15, 0.2) is 0 Å². The maximum absolute atomic E-state index is 4.65. The lowest BCUT2D eigenvalue weighted by Crippen LogP contribution is -1.93. The Labute approximate surface area is 93.6 Å². The Kier molecular flexibility index (Phi) is 3.16. The van der Waals surface area contributed by atoms with E-state index >= 15 is 0 Å². The molecule has 0 aliphatic heterocycles. The summed E-state index contributed by atoms with van der Waals surface area (Å²) in [6.07, 6.45) is 6.56. The van der Waals surface area contributed by atoms with Gasteiger partial charge in [0.1, 0.15) is 0 Å². The number of H-pyrrole nitrogens is 1. The van der Waals surface area contributed by atoms with Crippen LogP contribution in [-0.4, -0.2) is 15.0 Å². The molecule has 0 aromatic carbocycles. The molecule has 3 nitrogen and oxygen atoms in total. The van der Waals surface area contributed by atoms with Gasteiger partial charge in [-0.25, -0.2) is 9.97 Å². The Morgan fingerprint density at radius 3 is 2.80 bits per heavy atom. The van der Waals surface area contributed by atoms with Crippen LogP contribution >= 0.6 is 11.3 Å². The van der Waals surface area contributed by atoms with Gasteiger partial charge in [0.2, 0.25) is 0 Å². The summed E-state index contributed by atoms with van der Waals surface area (Å²) in [6.45, 7) is 4.33. The van der Waals surface area contributed by atoms with Crippen molar-refractivity contribution in [1.29, 1.82) is 0 Å². The van der Waals surface area contributed by atoms with Crippen LogP contribution in [0.2, 0.25) is 0 Å². The average molecular weight is 221 g/mol. The first kappa shape index (κ1) is 10.4. The Balaban J connectivity index is 2.23. The predicted octanol–water partition coefficient (Wildman–Crippen LogP) is 2.58. The minimum Gasteiger partial charge on any atom is -0.348 e. The molecule has 2 heterocycles. The first-order valence-corrected chi connectivity index (χ1v) is 6.09. The first-order valence-electron chi connectivity index (χ1n) is 5.28. The van der Waals surface area contributed by atoms with E-state index in [2.05, 4.69) is 28.8 Å². The lowest BCUT2D eigenvalue weighted by atomic mass is 10.2. The van der Waals surface area contributed by atoms with Gasteiger partial charge in [-0.3, -0.25) is 0 Å². The van der Waals surface area contributed by atoms with E-state index in [0.29, 0.717) is 0 Å². The van der Waals surface area contributed by atoms with E-state index in [1.54, 1.807) is 6.33 Å². The highest BCUT2D eigenvalue weighted by atomic mass is 32.1. The molecule has 80 valence electrons. The van der Waals surface area contributed by atoms with Crippen molar-refractivity contribution < 1.29 is 0 Å². The fraction of sp³-hybridized carbons (Fsp3) is 0.455. The van der Waals surface area contributed by atoms with Crippen LogP contribution in [0.25, 0.3) is 0 Å². The van der Waals surface area contributed by atoms with Gasteiger partial charge in [0.25, 0.3) is 0 Å². The van der Waals surface area contributed by atoms with Crippen molar-refractivity contribution >= 4 is 11.3 Å². The maximum Gasteiger partial charge on any atom is 0.0928 e. The standard InChI is InChI=1S/C11H15N3S/c1-3-10-9(14-11(4-2)15-10)5-8-6-12-7-13-8/h6-7H,3-5H2,1-2H3,(H,12,13). The highest BCUT2D eigenvalue weighted by molar-refractivity contribution is 7.11. The normalized spacial score (nSPS) is 10.8. The Morgan fingerprint density at radius 2 is 2.20 bits per heavy atom. The molecule has 2 rings (SSSR count). The number of nitrogens with zero attached hydrogens (tertiary/aromatic N) is 2. The number of aromatic nitrogens is 3. The van der Waals surface area contributed by atoms with E-state index in [1.807, 2.05) is 17.5 Å². The highest BCUT2D eigenvalue weighted by Gasteiger charge is 2.09. The molecule has 0 saturated heterocycles. The third-order valence-corrected chi connectivity index (χ3v) is 3.75. The van der Waals surface area contributed by atoms with Crippen LogP contribution in [-0.2, 0) is 19.3 Å². The minimum atomic E-state index is 0.875. The smallest absolute Gasteiger partial charge is 0.0928 e. The zero-order valence-corrected chi connectivity index (χ0v) is 9.90. The van der Waals surface area contributed by atoms with Crippen LogP contribution in [0, 0.1) is 0 Å². The summed E-state index contributed by atoms with van der Waals surface area (Å²) in [5.74, 6) is 0. The minimum absolute atomic E-state index is 0.875. The number of hydrogen-bond donors (Lipinski definition) is 1. The topological polar surface area (TPSA) is 41.6 Å². The summed E-state index contributed by atoms with van der Waals surface area (Å²) in [5.41, 5.74) is 2.35. The number of aryl methyl sites for hydroxylation is 2. The van der Waals surface area contributed by atoms with Gasteiger partial charge in [-0.1, -0.05) is 13.8 Å². The van der Waals surface area contributed by atoms with E-state index in [0.717, 1.165) is 25.0 Å². The van der Waals surface area contributed by atoms with Gasteiger partial charge in [-0.05, 0) is 12.8 Å². The molecule has 0 radical (unpaired) electrons. The third kappa shape index (κ3) is 2.26. The molecule has 0 saturated carbocycles. The lowest BCUT2D eigenvalue weighted by molar-refractivity contribution is 0.975. The van der Waals surface area contributed by atoms with Crippen molar-refractivity contribution in [2.24, 2.45) is 0 Å². The lowest BCUT2D eigenvalue weighted by Gasteiger charge is -1.96. The van der Waals surface area contributed by atoms with Gasteiger partial charge in [0, 0.05) is 23.2 Å². The molecule has 0 fully saturated rings. The second-order valence-electron chi connectivity index (χ2n) is 3.44. The van der Waals surface area contributed by atoms with Crippen molar-refractivity contribution in [3.63, 3.8) is 0 Å². The predicted molar refractivity (Wildman–Crippen MR) is 62.3 cm³/mol. The van der Waals surface area contributed by atoms with Crippen LogP contribution < -0.4 is 0 Å². The molecule has 1 N–H and O–H groups in total. The Bertz CT molecular complexity index is 417. The molecule has 4 heteroatoms. The third-order valence-electron chi connectivity index (χ3n) is 2.36. The van der Waals surface area contributed by atoms with Crippen LogP contribution in [0.4, 0.5) is 0 Å². The fourth-order valence-electron chi connectivity index (χ4n) is 1.56. The summed E-state index contributed by atoms with van der Waals surface area (Å²) in [7, 11) is 0. The summed E-state index contributed by atoms with van der Waals surface area (Å²) in [6, 6.07) is 0. The number of imidazole rings is 1. The molecule has 0 unspecified atom stereocenters. The van der Waals surface area contributed by atoms with Gasteiger partial charge in [-0.15, -0.1) is 11.3 Å². The number of hydrogen-bond acceptors (Lipinski definition) is 3. The fourth-order valence-corrected chi connectivity index (χ4v) is 2.53. The summed E-state index contributed by atoms with van der Waals surface area (Å²) < 4.78 is 0. The Hall–Kier alpha value is -1.16. The Morgan fingerprint density at radius 1 is 1.33 bits per heavy atom. The molecule has 0 spiro atoms. The van der Waals surface area contributed by atoms with Crippen LogP contribution in [0.15, 0.2) is 12.5 Å². The molecular formula is C11H15N3S. The van der Waals surface area contributed by atoms with Crippen LogP contribution in [0.5, 0.6) is 0 Å². The van der Waals surface area contributed by atoms with Crippen molar-refractivity contribution in [1.82, 2.24) is 15.0 Å².